The fourth-order valence-electron chi connectivity index (χ4n) is 2.78. The van der Waals surface area contributed by atoms with Crippen LogP contribution in [0.15, 0.2) is 22.7 Å². The molecule has 0 bridgehead atoms. The van der Waals surface area contributed by atoms with Gasteiger partial charge in [-0.3, -0.25) is 4.79 Å². The quantitative estimate of drug-likeness (QED) is 0.874. The SMILES string of the molecule is CCC1CCC(NC(=O)c2ccc(C)cc2Br)CC1. The molecule has 0 unspecified atom stereocenters. The third-order valence-corrected chi connectivity index (χ3v) is 4.78. The molecule has 0 radical (unpaired) electrons. The summed E-state index contributed by atoms with van der Waals surface area (Å²) >= 11 is 3.47. The normalized spacial score (nSPS) is 23.1. The third kappa shape index (κ3) is 3.82. The number of carbonyl (C=O) groups is 1. The molecular formula is C16H22BrNO. The minimum atomic E-state index is 0.0480. The number of hydrogen-bond donors (Lipinski definition) is 1. The van der Waals surface area contributed by atoms with Crippen molar-refractivity contribution in [1.82, 2.24) is 5.32 Å². The van der Waals surface area contributed by atoms with Crippen LogP contribution in [0.3, 0.4) is 0 Å². The van der Waals surface area contributed by atoms with E-state index in [-0.39, 0.29) is 5.91 Å². The fourth-order valence-corrected chi connectivity index (χ4v) is 3.46. The Balaban J connectivity index is 1.94. The summed E-state index contributed by atoms with van der Waals surface area (Å²) in [6.45, 7) is 4.28. The summed E-state index contributed by atoms with van der Waals surface area (Å²) in [7, 11) is 0. The molecule has 0 aromatic heterocycles. The Morgan fingerprint density at radius 1 is 1.32 bits per heavy atom. The smallest absolute Gasteiger partial charge is 0.252 e. The Kier molecular flexibility index (Phi) is 5.03. The van der Waals surface area contributed by atoms with Gasteiger partial charge in [-0.25, -0.2) is 0 Å². The first-order chi connectivity index (χ1) is 9.10. The summed E-state index contributed by atoms with van der Waals surface area (Å²) in [6.07, 6.45) is 6.00. The van der Waals surface area contributed by atoms with Gasteiger partial charge in [0.15, 0.2) is 0 Å². The minimum Gasteiger partial charge on any atom is -0.349 e. The Labute approximate surface area is 124 Å². The third-order valence-electron chi connectivity index (χ3n) is 4.13. The van der Waals surface area contributed by atoms with Crippen LogP contribution in [0.1, 0.15) is 54.9 Å². The van der Waals surface area contributed by atoms with Gasteiger partial charge < -0.3 is 5.32 Å². The van der Waals surface area contributed by atoms with E-state index in [1.54, 1.807) is 0 Å². The topological polar surface area (TPSA) is 29.1 Å². The highest BCUT2D eigenvalue weighted by molar-refractivity contribution is 9.10. The zero-order chi connectivity index (χ0) is 13.8. The molecule has 1 aromatic carbocycles. The monoisotopic (exact) mass is 323 g/mol. The van der Waals surface area contributed by atoms with Crippen molar-refractivity contribution in [2.24, 2.45) is 5.92 Å². The van der Waals surface area contributed by atoms with Crippen LogP contribution in [-0.2, 0) is 0 Å². The van der Waals surface area contributed by atoms with Gasteiger partial charge in [0.25, 0.3) is 5.91 Å². The second-order valence-electron chi connectivity index (χ2n) is 5.58. The highest BCUT2D eigenvalue weighted by Crippen LogP contribution is 2.27. The van der Waals surface area contributed by atoms with Crippen LogP contribution in [0.5, 0.6) is 0 Å². The molecular weight excluding hydrogens is 302 g/mol. The number of aryl methyl sites for hydroxylation is 1. The molecule has 0 spiro atoms. The molecule has 2 rings (SSSR count). The molecule has 19 heavy (non-hydrogen) atoms. The predicted octanol–water partition coefficient (Wildman–Crippen LogP) is 4.46. The van der Waals surface area contributed by atoms with Crippen LogP contribution >= 0.6 is 15.9 Å². The summed E-state index contributed by atoms with van der Waals surface area (Å²) in [6, 6.07) is 6.21. The largest absolute Gasteiger partial charge is 0.349 e. The second kappa shape index (κ2) is 6.56. The molecule has 104 valence electrons. The lowest BCUT2D eigenvalue weighted by Gasteiger charge is -2.28. The molecule has 0 atom stereocenters. The number of benzene rings is 1. The van der Waals surface area contributed by atoms with E-state index < -0.39 is 0 Å². The van der Waals surface area contributed by atoms with Gasteiger partial charge in [0.1, 0.15) is 0 Å². The highest BCUT2D eigenvalue weighted by Gasteiger charge is 2.22. The predicted molar refractivity (Wildman–Crippen MR) is 82.4 cm³/mol. The summed E-state index contributed by atoms with van der Waals surface area (Å²) in [5.74, 6) is 0.908. The lowest BCUT2D eigenvalue weighted by atomic mass is 9.84. The Hall–Kier alpha value is -0.830. The first-order valence-electron chi connectivity index (χ1n) is 7.17. The van der Waals surface area contributed by atoms with Gasteiger partial charge in [0.05, 0.1) is 5.56 Å². The van der Waals surface area contributed by atoms with Gasteiger partial charge in [0.2, 0.25) is 0 Å². The summed E-state index contributed by atoms with van der Waals surface area (Å²) in [5.41, 5.74) is 1.90. The van der Waals surface area contributed by atoms with Gasteiger partial charge in [-0.15, -0.1) is 0 Å². The average molecular weight is 324 g/mol. The first-order valence-corrected chi connectivity index (χ1v) is 7.96. The number of rotatable bonds is 3. The molecule has 0 aliphatic heterocycles. The lowest BCUT2D eigenvalue weighted by molar-refractivity contribution is 0.0921. The van der Waals surface area contributed by atoms with E-state index >= 15 is 0 Å². The maximum Gasteiger partial charge on any atom is 0.252 e. The number of amides is 1. The molecule has 1 aromatic rings. The highest BCUT2D eigenvalue weighted by atomic mass is 79.9. The van der Waals surface area contributed by atoms with Crippen molar-refractivity contribution in [2.45, 2.75) is 52.0 Å². The molecule has 1 N–H and O–H groups in total. The molecule has 1 fully saturated rings. The molecule has 0 saturated heterocycles. The van der Waals surface area contributed by atoms with E-state index in [1.165, 1.54) is 19.3 Å². The molecule has 1 saturated carbocycles. The number of halogens is 1. The minimum absolute atomic E-state index is 0.0480. The molecule has 1 aliphatic rings. The molecule has 2 nitrogen and oxygen atoms in total. The Morgan fingerprint density at radius 3 is 2.58 bits per heavy atom. The summed E-state index contributed by atoms with van der Waals surface area (Å²) in [5, 5.41) is 3.17. The van der Waals surface area contributed by atoms with E-state index in [1.807, 2.05) is 25.1 Å². The summed E-state index contributed by atoms with van der Waals surface area (Å²) < 4.78 is 0.882. The zero-order valence-corrected chi connectivity index (χ0v) is 13.3. The van der Waals surface area contributed by atoms with Crippen LogP contribution in [0, 0.1) is 12.8 Å². The van der Waals surface area contributed by atoms with E-state index in [0.717, 1.165) is 34.4 Å². The zero-order valence-electron chi connectivity index (χ0n) is 11.7. The van der Waals surface area contributed by atoms with Crippen molar-refractivity contribution in [3.8, 4) is 0 Å². The average Bonchev–Trinajstić information content (AvgIpc) is 2.39. The Morgan fingerprint density at radius 2 is 2.00 bits per heavy atom. The van der Waals surface area contributed by atoms with E-state index in [4.69, 9.17) is 0 Å². The van der Waals surface area contributed by atoms with Crippen molar-refractivity contribution in [3.63, 3.8) is 0 Å². The number of nitrogens with one attached hydrogen (secondary N) is 1. The van der Waals surface area contributed by atoms with Crippen molar-refractivity contribution >= 4 is 21.8 Å². The lowest BCUT2D eigenvalue weighted by Crippen LogP contribution is -2.37. The first kappa shape index (κ1) is 14.6. The maximum absolute atomic E-state index is 12.3. The molecule has 3 heteroatoms. The van der Waals surface area contributed by atoms with Gasteiger partial charge >= 0.3 is 0 Å². The van der Waals surface area contributed by atoms with Crippen LogP contribution in [0.4, 0.5) is 0 Å². The van der Waals surface area contributed by atoms with Crippen LogP contribution in [0.2, 0.25) is 0 Å². The van der Waals surface area contributed by atoms with Crippen LogP contribution in [-0.4, -0.2) is 11.9 Å². The van der Waals surface area contributed by atoms with Gasteiger partial charge in [-0.2, -0.15) is 0 Å². The molecule has 1 amide bonds. The summed E-state index contributed by atoms with van der Waals surface area (Å²) in [4.78, 5) is 12.3. The van der Waals surface area contributed by atoms with E-state index in [9.17, 15) is 4.79 Å². The van der Waals surface area contributed by atoms with Crippen molar-refractivity contribution < 1.29 is 4.79 Å². The number of hydrogen-bond acceptors (Lipinski definition) is 1. The van der Waals surface area contributed by atoms with Gasteiger partial charge in [-0.05, 0) is 72.2 Å². The second-order valence-corrected chi connectivity index (χ2v) is 6.44. The van der Waals surface area contributed by atoms with Gasteiger partial charge in [-0.1, -0.05) is 19.4 Å². The van der Waals surface area contributed by atoms with Crippen molar-refractivity contribution in [3.05, 3.63) is 33.8 Å². The fraction of sp³-hybridized carbons (Fsp3) is 0.562. The molecule has 1 aliphatic carbocycles. The van der Waals surface area contributed by atoms with Crippen molar-refractivity contribution in [2.75, 3.05) is 0 Å². The number of carbonyl (C=O) groups excluding carboxylic acids is 1. The van der Waals surface area contributed by atoms with Gasteiger partial charge in [0, 0.05) is 10.5 Å². The van der Waals surface area contributed by atoms with Crippen LogP contribution < -0.4 is 5.32 Å². The van der Waals surface area contributed by atoms with Crippen LogP contribution in [0.25, 0.3) is 0 Å². The van der Waals surface area contributed by atoms with Crippen molar-refractivity contribution in [1.29, 1.82) is 0 Å². The maximum atomic E-state index is 12.3. The van der Waals surface area contributed by atoms with E-state index in [0.29, 0.717) is 6.04 Å². The van der Waals surface area contributed by atoms with E-state index in [2.05, 4.69) is 28.2 Å². The Bertz CT molecular complexity index is 450. The molecule has 0 heterocycles. The standard InChI is InChI=1S/C16H22BrNO/c1-3-12-5-7-13(8-6-12)18-16(19)14-9-4-11(2)10-15(14)17/h4,9-10,12-13H,3,5-8H2,1-2H3,(H,18,19).